The van der Waals surface area contributed by atoms with E-state index < -0.39 is 16.2 Å². The smallest absolute Gasteiger partial charge is 0.185 e. The van der Waals surface area contributed by atoms with Crippen molar-refractivity contribution in [1.82, 2.24) is 29.8 Å². The predicted octanol–water partition coefficient (Wildman–Crippen LogP) is 3.82. The maximum Gasteiger partial charge on any atom is 0.185 e. The van der Waals surface area contributed by atoms with Gasteiger partial charge in [0.25, 0.3) is 0 Å². The molecule has 10 nitrogen and oxygen atoms in total. The number of nitrogens with two attached hydrogens (primary N) is 1. The summed E-state index contributed by atoms with van der Waals surface area (Å²) in [4.78, 5) is 12.9. The first-order valence-corrected chi connectivity index (χ1v) is 15.2. The molecule has 0 aliphatic heterocycles. The molecule has 0 fully saturated rings. The van der Waals surface area contributed by atoms with Crippen molar-refractivity contribution in [3.05, 3.63) is 33.5 Å². The molecular formula is C26H30N8O2S2. The van der Waals surface area contributed by atoms with Crippen LogP contribution in [-0.2, 0) is 29.1 Å². The Kier molecular flexibility index (Phi) is 6.13. The fraction of sp³-hybridized carbons (Fsp3) is 0.500. The summed E-state index contributed by atoms with van der Waals surface area (Å²) in [5.41, 5.74) is 9.65. The Bertz CT molecular complexity index is 1620. The fourth-order valence-electron chi connectivity index (χ4n) is 6.37. The Hall–Kier alpha value is -3.14. The van der Waals surface area contributed by atoms with Gasteiger partial charge in [-0.2, -0.15) is 10.4 Å². The van der Waals surface area contributed by atoms with Crippen LogP contribution < -0.4 is 5.73 Å². The largest absolute Gasteiger partial charge is 0.389 e. The van der Waals surface area contributed by atoms with E-state index in [0.717, 1.165) is 62.0 Å². The summed E-state index contributed by atoms with van der Waals surface area (Å²) in [6.45, 7) is 2.86. The van der Waals surface area contributed by atoms with E-state index in [1.165, 1.54) is 16.2 Å². The zero-order valence-corrected chi connectivity index (χ0v) is 23.6. The van der Waals surface area contributed by atoms with E-state index in [2.05, 4.69) is 28.1 Å². The lowest BCUT2D eigenvalue weighted by Gasteiger charge is -2.39. The van der Waals surface area contributed by atoms with Gasteiger partial charge >= 0.3 is 0 Å². The van der Waals surface area contributed by atoms with E-state index >= 15 is 0 Å². The van der Waals surface area contributed by atoms with Crippen molar-refractivity contribution < 1.29 is 8.73 Å². The van der Waals surface area contributed by atoms with Crippen LogP contribution in [0.4, 0.5) is 5.00 Å². The number of thiophene rings is 1. The van der Waals surface area contributed by atoms with Gasteiger partial charge in [-0.25, -0.2) is 14.6 Å². The highest BCUT2D eigenvalue weighted by molar-refractivity contribution is 7.84. The minimum Gasteiger partial charge on any atom is -0.389 e. The van der Waals surface area contributed by atoms with Crippen molar-refractivity contribution in [3.8, 4) is 17.6 Å². The average Bonchev–Trinajstić information content (AvgIpc) is 3.58. The number of nitriles is 1. The average molecular weight is 551 g/mol. The van der Waals surface area contributed by atoms with Crippen molar-refractivity contribution in [2.24, 2.45) is 0 Å². The molecule has 3 atom stereocenters. The zero-order valence-electron chi connectivity index (χ0n) is 21.9. The Morgan fingerprint density at radius 3 is 2.79 bits per heavy atom. The molecule has 2 aliphatic rings. The van der Waals surface area contributed by atoms with Crippen molar-refractivity contribution in [2.75, 3.05) is 32.6 Å². The van der Waals surface area contributed by atoms with Crippen LogP contribution in [0.25, 0.3) is 22.6 Å². The van der Waals surface area contributed by atoms with Gasteiger partial charge in [-0.1, -0.05) is 5.16 Å². The summed E-state index contributed by atoms with van der Waals surface area (Å²) >= 11 is 1.52. The molecule has 1 spiro atoms. The van der Waals surface area contributed by atoms with E-state index in [1.807, 2.05) is 18.8 Å². The number of fused-ring (bicyclic) bond motifs is 5. The number of rotatable bonds is 5. The Morgan fingerprint density at radius 2 is 2.08 bits per heavy atom. The second-order valence-electron chi connectivity index (χ2n) is 10.6. The molecule has 2 N–H and O–H groups in total. The summed E-state index contributed by atoms with van der Waals surface area (Å²) < 4.78 is 20.8. The van der Waals surface area contributed by atoms with E-state index in [0.29, 0.717) is 38.1 Å². The number of hydrogen-bond acceptors (Lipinski definition) is 10. The number of aryl methyl sites for hydroxylation is 1. The van der Waals surface area contributed by atoms with Crippen molar-refractivity contribution in [1.29, 1.82) is 5.26 Å². The molecule has 1 unspecified atom stereocenters. The number of aromatic nitrogens is 5. The van der Waals surface area contributed by atoms with Gasteiger partial charge in [0.15, 0.2) is 22.9 Å². The van der Waals surface area contributed by atoms with E-state index in [1.54, 1.807) is 12.5 Å². The summed E-state index contributed by atoms with van der Waals surface area (Å²) in [6, 6.07) is 2.41. The SMILES string of the molecule is C[C@@H](CN(C)C)n1ncc2c(S(C)=O)nc(-c3noc4c3CCC[C@@]43CCCc4sc(N)c(C#N)c43)nc21. The first-order chi connectivity index (χ1) is 18.2. The standard InChI is InChI=1S/C26H30N8O2S2/c1-14(13-33(2)3)34-24-17(12-29-34)25(38(4)35)31-23(30-24)20-15-7-5-9-26(21(15)36-32-20)10-6-8-18-19(26)16(11-27)22(28)37-18/h12,14H,5-10,13,28H2,1-4H3/t14-,26-,38?/m0/s1. The quantitative estimate of drug-likeness (QED) is 0.367. The van der Waals surface area contributed by atoms with Crippen molar-refractivity contribution in [2.45, 2.75) is 61.9 Å². The van der Waals surface area contributed by atoms with Gasteiger partial charge < -0.3 is 15.2 Å². The predicted molar refractivity (Wildman–Crippen MR) is 147 cm³/mol. The van der Waals surface area contributed by atoms with E-state index in [-0.39, 0.29) is 6.04 Å². The lowest BCUT2D eigenvalue weighted by molar-refractivity contribution is 0.265. The Labute approximate surface area is 227 Å². The molecule has 12 heteroatoms. The van der Waals surface area contributed by atoms with Crippen LogP contribution in [0.3, 0.4) is 0 Å². The van der Waals surface area contributed by atoms with Crippen molar-refractivity contribution >= 4 is 38.2 Å². The Balaban J connectivity index is 1.54. The summed E-state index contributed by atoms with van der Waals surface area (Å²) in [6.07, 6.45) is 8.69. The van der Waals surface area contributed by atoms with Crippen LogP contribution in [0.15, 0.2) is 15.7 Å². The lowest BCUT2D eigenvalue weighted by atomic mass is 9.63. The maximum atomic E-state index is 12.8. The minimum atomic E-state index is -1.35. The van der Waals surface area contributed by atoms with Gasteiger partial charge in [0.2, 0.25) is 0 Å². The number of likely N-dealkylation sites (N-methyl/N-ethyl adjacent to an activating group) is 1. The third-order valence-corrected chi connectivity index (χ3v) is 9.74. The molecule has 4 aromatic rings. The van der Waals surface area contributed by atoms with Gasteiger partial charge in [-0.05, 0) is 65.1 Å². The molecule has 2 aliphatic carbocycles. The van der Waals surface area contributed by atoms with Gasteiger partial charge in [0, 0.05) is 23.2 Å². The van der Waals surface area contributed by atoms with Gasteiger partial charge in [0.1, 0.15) is 16.1 Å². The molecule has 4 aromatic heterocycles. The Morgan fingerprint density at radius 1 is 1.32 bits per heavy atom. The van der Waals surface area contributed by atoms with E-state index in [9.17, 15) is 9.47 Å². The monoisotopic (exact) mass is 550 g/mol. The van der Waals surface area contributed by atoms with E-state index in [4.69, 9.17) is 20.2 Å². The molecule has 6 rings (SSSR count). The van der Waals surface area contributed by atoms with Crippen LogP contribution in [0.2, 0.25) is 0 Å². The molecule has 198 valence electrons. The molecule has 0 bridgehead atoms. The summed E-state index contributed by atoms with van der Waals surface area (Å²) in [5.74, 6) is 1.19. The molecule has 0 aromatic carbocycles. The number of anilines is 1. The molecular weight excluding hydrogens is 520 g/mol. The molecule has 4 heterocycles. The first-order valence-electron chi connectivity index (χ1n) is 12.8. The highest BCUT2D eigenvalue weighted by Gasteiger charge is 2.48. The van der Waals surface area contributed by atoms with Gasteiger partial charge in [-0.3, -0.25) is 4.21 Å². The normalized spacial score (nSPS) is 20.4. The highest BCUT2D eigenvalue weighted by atomic mass is 32.2. The van der Waals surface area contributed by atoms with Crippen LogP contribution in [0.5, 0.6) is 0 Å². The van der Waals surface area contributed by atoms with Gasteiger partial charge in [-0.15, -0.1) is 11.3 Å². The van der Waals surface area contributed by atoms with Crippen molar-refractivity contribution in [3.63, 3.8) is 0 Å². The maximum absolute atomic E-state index is 12.8. The number of hydrogen-bond donors (Lipinski definition) is 1. The topological polar surface area (TPSA) is 140 Å². The lowest BCUT2D eigenvalue weighted by Crippen LogP contribution is -2.35. The summed E-state index contributed by atoms with van der Waals surface area (Å²) in [7, 11) is 2.68. The third-order valence-electron chi connectivity index (χ3n) is 7.81. The van der Waals surface area contributed by atoms with Gasteiger partial charge in [0.05, 0.1) is 39.4 Å². The second kappa shape index (κ2) is 9.25. The fourth-order valence-corrected chi connectivity index (χ4v) is 8.20. The molecule has 0 saturated carbocycles. The molecule has 0 amide bonds. The molecule has 0 saturated heterocycles. The third kappa shape index (κ3) is 3.71. The molecule has 0 radical (unpaired) electrons. The molecule has 38 heavy (non-hydrogen) atoms. The van der Waals surface area contributed by atoms with Crippen LogP contribution in [-0.4, -0.2) is 60.9 Å². The first kappa shape index (κ1) is 25.2. The van der Waals surface area contributed by atoms with Crippen LogP contribution in [0, 0.1) is 11.3 Å². The second-order valence-corrected chi connectivity index (χ2v) is 13.1. The number of nitrogens with zero attached hydrogens (tertiary/aromatic N) is 7. The van der Waals surface area contributed by atoms with Crippen LogP contribution in [0.1, 0.15) is 66.0 Å². The van der Waals surface area contributed by atoms with Crippen LogP contribution >= 0.6 is 11.3 Å². The number of nitrogen functional groups attached to an aromatic ring is 1. The highest BCUT2D eigenvalue weighted by Crippen LogP contribution is 2.55. The zero-order chi connectivity index (χ0) is 26.8. The summed E-state index contributed by atoms with van der Waals surface area (Å²) in [5, 5.41) is 20.8. The minimum absolute atomic E-state index is 0.0481.